The Labute approximate surface area is 163 Å². The third-order valence-corrected chi connectivity index (χ3v) is 4.63. The van der Waals surface area contributed by atoms with Crippen LogP contribution in [0.3, 0.4) is 0 Å². The van der Waals surface area contributed by atoms with Crippen molar-refractivity contribution in [2.45, 2.75) is 31.6 Å². The van der Waals surface area contributed by atoms with E-state index in [0.29, 0.717) is 5.56 Å². The van der Waals surface area contributed by atoms with E-state index in [1.807, 2.05) is 0 Å². The van der Waals surface area contributed by atoms with E-state index in [-0.39, 0.29) is 36.3 Å². The van der Waals surface area contributed by atoms with Crippen molar-refractivity contribution in [2.24, 2.45) is 0 Å². The molecule has 0 aliphatic carbocycles. The van der Waals surface area contributed by atoms with Crippen molar-refractivity contribution in [3.05, 3.63) is 53.6 Å². The highest BCUT2D eigenvalue weighted by Crippen LogP contribution is 2.26. The van der Waals surface area contributed by atoms with Crippen LogP contribution in [0.4, 0.5) is 22.4 Å². The van der Waals surface area contributed by atoms with Crippen LogP contribution in [0.1, 0.15) is 24.1 Å². The maximum Gasteiger partial charge on any atom is 0.408 e. The fraction of sp³-hybridized carbons (Fsp3) is 0.316. The molecular weight excluding hydrogens is 394 g/mol. The van der Waals surface area contributed by atoms with Gasteiger partial charge in [-0.15, -0.1) is 0 Å². The maximum atomic E-state index is 14.1. The normalized spacial score (nSPS) is 18.9. The van der Waals surface area contributed by atoms with E-state index in [9.17, 15) is 27.2 Å². The first-order valence-corrected chi connectivity index (χ1v) is 8.70. The predicted octanol–water partition coefficient (Wildman–Crippen LogP) is 3.53. The minimum atomic E-state index is -2.64. The van der Waals surface area contributed by atoms with Gasteiger partial charge in [0.1, 0.15) is 18.0 Å². The number of amides is 2. The smallest absolute Gasteiger partial charge is 0.408 e. The third kappa shape index (κ3) is 4.64. The van der Waals surface area contributed by atoms with Crippen LogP contribution in [0.2, 0.25) is 0 Å². The molecule has 1 aromatic carbocycles. The van der Waals surface area contributed by atoms with E-state index < -0.39 is 36.5 Å². The molecule has 0 saturated carbocycles. The summed E-state index contributed by atoms with van der Waals surface area (Å²) in [5.74, 6) is -1.35. The minimum absolute atomic E-state index is 0.113. The second-order valence-corrected chi connectivity index (χ2v) is 6.58. The standard InChI is InChI=1S/C19H17F4N3O3/c20-12-5-16(26(9-12)19(28)29)18(27)25-7-13-6-14(15(21)8-24-13)10-1-3-11(4-2-10)17(22)23/h1-4,6,8,12,16-17H,5,7,9H2,(H,25,27)(H,28,29)/t12-,16-/m1/s1. The van der Waals surface area contributed by atoms with Gasteiger partial charge in [-0.25, -0.2) is 22.4 Å². The van der Waals surface area contributed by atoms with Gasteiger partial charge in [-0.1, -0.05) is 24.3 Å². The largest absolute Gasteiger partial charge is 0.465 e. The number of alkyl halides is 3. The highest BCUT2D eigenvalue weighted by Gasteiger charge is 2.39. The first-order chi connectivity index (χ1) is 13.8. The highest BCUT2D eigenvalue weighted by atomic mass is 19.3. The summed E-state index contributed by atoms with van der Waals surface area (Å²) < 4.78 is 52.9. The molecule has 2 amide bonds. The maximum absolute atomic E-state index is 14.1. The molecule has 1 aliphatic heterocycles. The number of likely N-dealkylation sites (tertiary alicyclic amines) is 1. The molecule has 154 valence electrons. The fourth-order valence-corrected chi connectivity index (χ4v) is 3.15. The van der Waals surface area contributed by atoms with Crippen molar-refractivity contribution in [1.29, 1.82) is 0 Å². The Balaban J connectivity index is 1.71. The second kappa shape index (κ2) is 8.46. The summed E-state index contributed by atoms with van der Waals surface area (Å²) in [5.41, 5.74) is 0.544. The van der Waals surface area contributed by atoms with Gasteiger partial charge in [0, 0.05) is 17.5 Å². The van der Waals surface area contributed by atoms with Gasteiger partial charge >= 0.3 is 6.09 Å². The Kier molecular flexibility index (Phi) is 6.00. The topological polar surface area (TPSA) is 82.5 Å². The number of nitrogens with one attached hydrogen (secondary N) is 1. The lowest BCUT2D eigenvalue weighted by Crippen LogP contribution is -2.45. The Morgan fingerprint density at radius 2 is 1.97 bits per heavy atom. The second-order valence-electron chi connectivity index (χ2n) is 6.58. The van der Waals surface area contributed by atoms with Gasteiger partial charge < -0.3 is 10.4 Å². The van der Waals surface area contributed by atoms with Crippen molar-refractivity contribution in [3.63, 3.8) is 0 Å². The molecule has 6 nitrogen and oxygen atoms in total. The lowest BCUT2D eigenvalue weighted by molar-refractivity contribution is -0.125. The summed E-state index contributed by atoms with van der Waals surface area (Å²) in [4.78, 5) is 28.0. The van der Waals surface area contributed by atoms with Crippen LogP contribution in [-0.2, 0) is 11.3 Å². The fourth-order valence-electron chi connectivity index (χ4n) is 3.15. The Morgan fingerprint density at radius 1 is 1.28 bits per heavy atom. The van der Waals surface area contributed by atoms with Crippen LogP contribution in [0.25, 0.3) is 11.1 Å². The van der Waals surface area contributed by atoms with Crippen LogP contribution >= 0.6 is 0 Å². The number of hydrogen-bond donors (Lipinski definition) is 2. The molecule has 1 aliphatic rings. The van der Waals surface area contributed by atoms with E-state index in [1.165, 1.54) is 30.3 Å². The van der Waals surface area contributed by atoms with E-state index >= 15 is 0 Å². The van der Waals surface area contributed by atoms with Crippen LogP contribution in [0, 0.1) is 5.82 Å². The highest BCUT2D eigenvalue weighted by molar-refractivity contribution is 5.86. The lowest BCUT2D eigenvalue weighted by atomic mass is 10.0. The zero-order valence-electron chi connectivity index (χ0n) is 15.0. The van der Waals surface area contributed by atoms with E-state index in [1.54, 1.807) is 0 Å². The van der Waals surface area contributed by atoms with Gasteiger partial charge in [0.05, 0.1) is 25.0 Å². The molecule has 2 heterocycles. The molecule has 0 bridgehead atoms. The van der Waals surface area contributed by atoms with Crippen LogP contribution in [-0.4, -0.2) is 45.7 Å². The van der Waals surface area contributed by atoms with Gasteiger partial charge in [0.2, 0.25) is 5.91 Å². The summed E-state index contributed by atoms with van der Waals surface area (Å²) in [6.45, 7) is -0.511. The number of pyridine rings is 1. The monoisotopic (exact) mass is 411 g/mol. The number of carbonyl (C=O) groups excluding carboxylic acids is 1. The summed E-state index contributed by atoms with van der Waals surface area (Å²) in [5, 5.41) is 11.5. The molecule has 2 N–H and O–H groups in total. The van der Waals surface area contributed by atoms with Gasteiger partial charge in [-0.2, -0.15) is 0 Å². The van der Waals surface area contributed by atoms with Gasteiger partial charge in [0.15, 0.2) is 0 Å². The summed E-state index contributed by atoms with van der Waals surface area (Å²) >= 11 is 0. The summed E-state index contributed by atoms with van der Waals surface area (Å²) in [7, 11) is 0. The molecule has 10 heteroatoms. The molecule has 0 unspecified atom stereocenters. The molecule has 1 aromatic heterocycles. The molecule has 2 atom stereocenters. The third-order valence-electron chi connectivity index (χ3n) is 4.63. The number of benzene rings is 1. The molecule has 1 saturated heterocycles. The van der Waals surface area contributed by atoms with Gasteiger partial charge in [-0.3, -0.25) is 14.7 Å². The number of halogens is 4. The van der Waals surface area contributed by atoms with Crippen LogP contribution in [0.5, 0.6) is 0 Å². The Morgan fingerprint density at radius 3 is 2.59 bits per heavy atom. The SMILES string of the molecule is O=C(NCc1cc(-c2ccc(C(F)F)cc2)c(F)cn1)[C@H]1C[C@@H](F)CN1C(=O)O. The van der Waals surface area contributed by atoms with Crippen molar-refractivity contribution < 1.29 is 32.3 Å². The summed E-state index contributed by atoms with van der Waals surface area (Å²) in [6, 6.07) is 5.29. The van der Waals surface area contributed by atoms with Crippen molar-refractivity contribution in [1.82, 2.24) is 15.2 Å². The summed E-state index contributed by atoms with van der Waals surface area (Å²) in [6.07, 6.45) is -4.75. The average Bonchev–Trinajstić information content (AvgIpc) is 3.09. The first-order valence-electron chi connectivity index (χ1n) is 8.70. The minimum Gasteiger partial charge on any atom is -0.465 e. The molecule has 1 fully saturated rings. The molecule has 29 heavy (non-hydrogen) atoms. The quantitative estimate of drug-likeness (QED) is 0.738. The molecule has 0 radical (unpaired) electrons. The van der Waals surface area contributed by atoms with Crippen molar-refractivity contribution in [3.8, 4) is 11.1 Å². The molecular formula is C19H17F4N3O3. The first kappa shape index (κ1) is 20.6. The Bertz CT molecular complexity index is 908. The lowest BCUT2D eigenvalue weighted by Gasteiger charge is -2.20. The number of hydrogen-bond acceptors (Lipinski definition) is 3. The number of rotatable bonds is 5. The van der Waals surface area contributed by atoms with Crippen molar-refractivity contribution in [2.75, 3.05) is 6.54 Å². The zero-order chi connectivity index (χ0) is 21.1. The van der Waals surface area contributed by atoms with Gasteiger partial charge in [-0.05, 0) is 11.6 Å². The predicted molar refractivity (Wildman–Crippen MR) is 94.5 cm³/mol. The van der Waals surface area contributed by atoms with Gasteiger partial charge in [0.25, 0.3) is 6.43 Å². The zero-order valence-corrected chi connectivity index (χ0v) is 15.0. The molecule has 3 rings (SSSR count). The van der Waals surface area contributed by atoms with E-state index in [2.05, 4.69) is 10.3 Å². The van der Waals surface area contributed by atoms with Crippen molar-refractivity contribution >= 4 is 12.0 Å². The number of carbonyl (C=O) groups is 2. The van der Waals surface area contributed by atoms with E-state index in [0.717, 1.165) is 11.1 Å². The number of aromatic nitrogens is 1. The van der Waals surface area contributed by atoms with Crippen LogP contribution < -0.4 is 5.32 Å². The van der Waals surface area contributed by atoms with Crippen LogP contribution in [0.15, 0.2) is 36.5 Å². The number of nitrogens with zero attached hydrogens (tertiary/aromatic N) is 2. The van der Waals surface area contributed by atoms with E-state index in [4.69, 9.17) is 5.11 Å². The average molecular weight is 411 g/mol. The number of carboxylic acid groups (broad SMARTS) is 1. The molecule has 0 spiro atoms. The molecule has 2 aromatic rings. The Hall–Kier alpha value is -3.17.